The Balaban J connectivity index is 1.31. The molecule has 8 nitrogen and oxygen atoms in total. The summed E-state index contributed by atoms with van der Waals surface area (Å²) in [5, 5.41) is 9.58. The summed E-state index contributed by atoms with van der Waals surface area (Å²) in [5.74, 6) is -0.667. The van der Waals surface area contributed by atoms with Gasteiger partial charge in [-0.3, -0.25) is 14.4 Å². The minimum Gasteiger partial charge on any atom is -0.351 e. The Hall–Kier alpha value is -3.53. The Morgan fingerprint density at radius 1 is 0.889 bits per heavy atom. The van der Waals surface area contributed by atoms with Gasteiger partial charge in [0.15, 0.2) is 5.16 Å². The predicted molar refractivity (Wildman–Crippen MR) is 144 cm³/mol. The fourth-order valence-electron chi connectivity index (χ4n) is 3.22. The first-order valence-electron chi connectivity index (χ1n) is 10.8. The van der Waals surface area contributed by atoms with Gasteiger partial charge >= 0.3 is 0 Å². The Kier molecular flexibility index (Phi) is 8.48. The third-order valence-electron chi connectivity index (χ3n) is 5.01. The molecule has 3 aromatic carbocycles. The van der Waals surface area contributed by atoms with E-state index in [1.807, 2.05) is 12.1 Å². The maximum atomic E-state index is 12.6. The van der Waals surface area contributed by atoms with Crippen LogP contribution in [0.2, 0.25) is 5.02 Å². The molecule has 0 radical (unpaired) electrons. The van der Waals surface area contributed by atoms with Gasteiger partial charge < -0.3 is 20.9 Å². The molecule has 0 aliphatic heterocycles. The molecule has 1 aromatic heterocycles. The number of nitrogens with zero attached hydrogens (tertiary/aromatic N) is 1. The van der Waals surface area contributed by atoms with Gasteiger partial charge in [0.2, 0.25) is 11.8 Å². The number of hydrogen-bond acceptors (Lipinski definition) is 5. The number of hydrogen-bond donors (Lipinski definition) is 4. The zero-order chi connectivity index (χ0) is 25.5. The fraction of sp³-hybridized carbons (Fsp3) is 0.120. The number of thioether (sulfide) groups is 1. The SMILES string of the molecule is O=C(CSc1nc2ccc(NC(=O)c3ccc(NC(=O)CCl)cc3)cc2[nH]1)NCc1ccc(Cl)cc1. The van der Waals surface area contributed by atoms with Gasteiger partial charge in [-0.05, 0) is 60.2 Å². The van der Waals surface area contributed by atoms with Crippen molar-refractivity contribution in [3.63, 3.8) is 0 Å². The van der Waals surface area contributed by atoms with Crippen LogP contribution in [-0.2, 0) is 16.1 Å². The van der Waals surface area contributed by atoms with Crippen molar-refractivity contribution in [2.24, 2.45) is 0 Å². The Morgan fingerprint density at radius 2 is 1.61 bits per heavy atom. The van der Waals surface area contributed by atoms with Gasteiger partial charge in [0, 0.05) is 28.5 Å². The zero-order valence-electron chi connectivity index (χ0n) is 18.8. The third kappa shape index (κ3) is 7.00. The smallest absolute Gasteiger partial charge is 0.255 e. The van der Waals surface area contributed by atoms with E-state index in [0.717, 1.165) is 16.6 Å². The van der Waals surface area contributed by atoms with Crippen LogP contribution in [0.25, 0.3) is 11.0 Å². The van der Waals surface area contributed by atoms with E-state index in [1.54, 1.807) is 54.6 Å². The van der Waals surface area contributed by atoms with Gasteiger partial charge in [0.25, 0.3) is 5.91 Å². The van der Waals surface area contributed by atoms with E-state index in [0.29, 0.717) is 33.7 Å². The van der Waals surface area contributed by atoms with Gasteiger partial charge in [0.1, 0.15) is 5.88 Å². The number of imidazole rings is 1. The molecule has 0 unspecified atom stereocenters. The molecular weight excluding hydrogens is 521 g/mol. The highest BCUT2D eigenvalue weighted by Gasteiger charge is 2.11. The number of carbonyl (C=O) groups excluding carboxylic acids is 3. The van der Waals surface area contributed by atoms with E-state index in [4.69, 9.17) is 23.2 Å². The van der Waals surface area contributed by atoms with Crippen LogP contribution in [0.4, 0.5) is 11.4 Å². The minimum absolute atomic E-state index is 0.114. The number of aromatic nitrogens is 2. The molecule has 0 atom stereocenters. The van der Waals surface area contributed by atoms with Crippen LogP contribution in [-0.4, -0.2) is 39.3 Å². The Bertz CT molecular complexity index is 1390. The molecule has 0 spiro atoms. The Labute approximate surface area is 221 Å². The van der Waals surface area contributed by atoms with Crippen molar-refractivity contribution in [2.75, 3.05) is 22.3 Å². The number of aromatic amines is 1. The summed E-state index contributed by atoms with van der Waals surface area (Å²) in [6.07, 6.45) is 0. The number of H-pyrrole nitrogens is 1. The number of rotatable bonds is 9. The van der Waals surface area contributed by atoms with E-state index in [-0.39, 0.29) is 29.4 Å². The molecule has 0 saturated heterocycles. The standard InChI is InChI=1S/C25H21Cl2N5O3S/c26-12-22(33)29-18-7-3-16(4-8-18)24(35)30-19-9-10-20-21(11-19)32-25(31-20)36-14-23(34)28-13-15-1-5-17(27)6-2-15/h1-11H,12-14H2,(H,28,34)(H,29,33)(H,30,35)(H,31,32). The summed E-state index contributed by atoms with van der Waals surface area (Å²) in [4.78, 5) is 43.8. The van der Waals surface area contributed by atoms with Crippen molar-refractivity contribution in [1.29, 1.82) is 0 Å². The zero-order valence-corrected chi connectivity index (χ0v) is 21.1. The van der Waals surface area contributed by atoms with Gasteiger partial charge in [-0.1, -0.05) is 35.5 Å². The molecule has 1 heterocycles. The number of amides is 3. The molecule has 0 aliphatic carbocycles. The average Bonchev–Trinajstić information content (AvgIpc) is 3.29. The van der Waals surface area contributed by atoms with Crippen LogP contribution in [0.5, 0.6) is 0 Å². The predicted octanol–water partition coefficient (Wildman–Crippen LogP) is 5.05. The summed E-state index contributed by atoms with van der Waals surface area (Å²) >= 11 is 12.6. The van der Waals surface area contributed by atoms with Crippen molar-refractivity contribution in [2.45, 2.75) is 11.7 Å². The summed E-state index contributed by atoms with van der Waals surface area (Å²) in [5.41, 5.74) is 4.00. The van der Waals surface area contributed by atoms with Crippen molar-refractivity contribution < 1.29 is 14.4 Å². The topological polar surface area (TPSA) is 116 Å². The molecule has 3 amide bonds. The van der Waals surface area contributed by atoms with Crippen LogP contribution >= 0.6 is 35.0 Å². The van der Waals surface area contributed by atoms with E-state index < -0.39 is 0 Å². The lowest BCUT2D eigenvalue weighted by atomic mass is 10.2. The number of benzene rings is 3. The van der Waals surface area contributed by atoms with Gasteiger partial charge in [0.05, 0.1) is 16.8 Å². The second kappa shape index (κ2) is 11.9. The molecule has 184 valence electrons. The van der Waals surface area contributed by atoms with Crippen LogP contribution in [0.3, 0.4) is 0 Å². The lowest BCUT2D eigenvalue weighted by Crippen LogP contribution is -2.24. The van der Waals surface area contributed by atoms with E-state index >= 15 is 0 Å². The molecule has 0 fully saturated rings. The van der Waals surface area contributed by atoms with Gasteiger partial charge in [-0.2, -0.15) is 0 Å². The lowest BCUT2D eigenvalue weighted by molar-refractivity contribution is -0.118. The van der Waals surface area contributed by atoms with E-state index in [2.05, 4.69) is 25.9 Å². The maximum absolute atomic E-state index is 12.6. The van der Waals surface area contributed by atoms with Gasteiger partial charge in [-0.25, -0.2) is 4.98 Å². The highest BCUT2D eigenvalue weighted by molar-refractivity contribution is 7.99. The number of anilines is 2. The minimum atomic E-state index is -0.321. The summed E-state index contributed by atoms with van der Waals surface area (Å²) in [6, 6.07) is 19.1. The number of fused-ring (bicyclic) bond motifs is 1. The monoisotopic (exact) mass is 541 g/mol. The first-order valence-corrected chi connectivity index (χ1v) is 12.7. The quantitative estimate of drug-likeness (QED) is 0.174. The molecule has 4 rings (SSSR count). The van der Waals surface area contributed by atoms with Crippen molar-refractivity contribution in [1.82, 2.24) is 15.3 Å². The highest BCUT2D eigenvalue weighted by Crippen LogP contribution is 2.23. The summed E-state index contributed by atoms with van der Waals surface area (Å²) < 4.78 is 0. The van der Waals surface area contributed by atoms with Crippen molar-refractivity contribution >= 4 is 75.1 Å². The average molecular weight is 542 g/mol. The second-order valence-corrected chi connectivity index (χ2v) is 9.35. The number of nitrogens with one attached hydrogen (secondary N) is 4. The summed E-state index contributed by atoms with van der Waals surface area (Å²) in [6.45, 7) is 0.421. The first kappa shape index (κ1) is 25.6. The first-order chi connectivity index (χ1) is 17.4. The Morgan fingerprint density at radius 3 is 2.33 bits per heavy atom. The molecule has 36 heavy (non-hydrogen) atoms. The van der Waals surface area contributed by atoms with Crippen molar-refractivity contribution in [3.8, 4) is 0 Å². The molecule has 4 N–H and O–H groups in total. The van der Waals surface area contributed by atoms with Gasteiger partial charge in [-0.15, -0.1) is 11.6 Å². The molecule has 11 heteroatoms. The summed E-state index contributed by atoms with van der Waals surface area (Å²) in [7, 11) is 0. The largest absolute Gasteiger partial charge is 0.351 e. The number of carbonyl (C=O) groups is 3. The normalized spacial score (nSPS) is 10.7. The lowest BCUT2D eigenvalue weighted by Gasteiger charge is -2.07. The number of alkyl halides is 1. The molecular formula is C25H21Cl2N5O3S. The fourth-order valence-corrected chi connectivity index (χ4v) is 4.13. The van der Waals surface area contributed by atoms with E-state index in [9.17, 15) is 14.4 Å². The van der Waals surface area contributed by atoms with Crippen LogP contribution in [0.15, 0.2) is 71.9 Å². The van der Waals surface area contributed by atoms with E-state index in [1.165, 1.54) is 11.8 Å². The third-order valence-corrected chi connectivity index (χ3v) is 6.38. The molecule has 0 saturated carbocycles. The molecule has 0 bridgehead atoms. The number of halogens is 2. The second-order valence-electron chi connectivity index (χ2n) is 7.68. The van der Waals surface area contributed by atoms with Crippen LogP contribution in [0, 0.1) is 0 Å². The highest BCUT2D eigenvalue weighted by atomic mass is 35.5. The molecule has 4 aromatic rings. The van der Waals surface area contributed by atoms with Crippen molar-refractivity contribution in [3.05, 3.63) is 82.9 Å². The van der Waals surface area contributed by atoms with Crippen LogP contribution in [0.1, 0.15) is 15.9 Å². The molecule has 0 aliphatic rings. The van der Waals surface area contributed by atoms with Crippen LogP contribution < -0.4 is 16.0 Å². The maximum Gasteiger partial charge on any atom is 0.255 e.